The third-order valence-corrected chi connectivity index (χ3v) is 4.92. The molecule has 4 nitrogen and oxygen atoms in total. The van der Waals surface area contributed by atoms with Crippen molar-refractivity contribution in [3.8, 4) is 0 Å². The van der Waals surface area contributed by atoms with Gasteiger partial charge in [-0.3, -0.25) is 0 Å². The van der Waals surface area contributed by atoms with Crippen LogP contribution in [0.4, 0.5) is 4.39 Å². The highest BCUT2D eigenvalue weighted by molar-refractivity contribution is 7.89. The fourth-order valence-electron chi connectivity index (χ4n) is 1.60. The fourth-order valence-corrected chi connectivity index (χ4v) is 3.28. The molecule has 1 rings (SSSR count). The van der Waals surface area contributed by atoms with Crippen LogP contribution < -0.4 is 5.73 Å². The zero-order chi connectivity index (χ0) is 14.8. The molecule has 0 saturated carbocycles. The summed E-state index contributed by atoms with van der Waals surface area (Å²) in [5.41, 5.74) is 5.18. The Kier molecular flexibility index (Phi) is 4.95. The van der Waals surface area contributed by atoms with Gasteiger partial charge in [-0.15, -0.1) is 0 Å². The number of rotatable bonds is 5. The van der Waals surface area contributed by atoms with Crippen LogP contribution in [0.15, 0.2) is 23.1 Å². The maximum absolute atomic E-state index is 13.8. The van der Waals surface area contributed by atoms with Gasteiger partial charge in [-0.25, -0.2) is 17.1 Å². The van der Waals surface area contributed by atoms with Gasteiger partial charge in [0, 0.05) is 13.6 Å². The smallest absolute Gasteiger partial charge is 0.245 e. The summed E-state index contributed by atoms with van der Waals surface area (Å²) in [7, 11) is -2.52. The second kappa shape index (κ2) is 5.75. The van der Waals surface area contributed by atoms with E-state index in [1.807, 2.05) is 13.8 Å². The van der Waals surface area contributed by atoms with E-state index in [1.165, 1.54) is 25.2 Å². The van der Waals surface area contributed by atoms with Gasteiger partial charge in [0.25, 0.3) is 0 Å². The first kappa shape index (κ1) is 16.4. The number of benzene rings is 1. The lowest BCUT2D eigenvalue weighted by molar-refractivity contribution is 0.291. The first-order valence-corrected chi connectivity index (χ1v) is 7.54. The third kappa shape index (κ3) is 3.66. The summed E-state index contributed by atoms with van der Waals surface area (Å²) in [4.78, 5) is -0.421. The van der Waals surface area contributed by atoms with Crippen LogP contribution in [-0.2, 0) is 10.0 Å². The Morgan fingerprint density at radius 2 is 2.00 bits per heavy atom. The molecule has 0 aliphatic carbocycles. The monoisotopic (exact) mass is 308 g/mol. The molecule has 0 radical (unpaired) electrons. The Bertz CT molecular complexity index is 561. The highest BCUT2D eigenvalue weighted by atomic mass is 35.5. The summed E-state index contributed by atoms with van der Waals surface area (Å²) in [6.45, 7) is 4.20. The summed E-state index contributed by atoms with van der Waals surface area (Å²) >= 11 is 5.61. The van der Waals surface area contributed by atoms with Crippen molar-refractivity contribution in [1.82, 2.24) is 4.31 Å². The van der Waals surface area contributed by atoms with E-state index in [9.17, 15) is 12.8 Å². The third-order valence-electron chi connectivity index (χ3n) is 2.81. The second-order valence-corrected chi connectivity index (χ2v) is 7.60. The maximum Gasteiger partial charge on any atom is 0.245 e. The van der Waals surface area contributed by atoms with Gasteiger partial charge in [0.05, 0.1) is 5.02 Å². The van der Waals surface area contributed by atoms with E-state index in [-0.39, 0.29) is 11.6 Å². The first-order valence-electron chi connectivity index (χ1n) is 5.72. The topological polar surface area (TPSA) is 63.4 Å². The first-order chi connectivity index (χ1) is 8.62. The van der Waals surface area contributed by atoms with Crippen molar-refractivity contribution < 1.29 is 12.8 Å². The van der Waals surface area contributed by atoms with Crippen LogP contribution in [-0.4, -0.2) is 32.9 Å². The number of hydrogen-bond donors (Lipinski definition) is 1. The van der Waals surface area contributed by atoms with Crippen molar-refractivity contribution in [2.24, 2.45) is 11.1 Å². The summed E-state index contributed by atoms with van der Waals surface area (Å²) in [5.74, 6) is -0.929. The lowest BCUT2D eigenvalue weighted by Gasteiger charge is -2.28. The molecule has 0 fully saturated rings. The quantitative estimate of drug-likeness (QED) is 0.906. The number of nitrogens with two attached hydrogens (primary N) is 1. The van der Waals surface area contributed by atoms with E-state index in [1.54, 1.807) is 0 Å². The molecule has 0 bridgehead atoms. The Labute approximate surface area is 118 Å². The van der Waals surface area contributed by atoms with E-state index >= 15 is 0 Å². The summed E-state index contributed by atoms with van der Waals surface area (Å²) in [6.07, 6.45) is 0. The lowest BCUT2D eigenvalue weighted by atomic mass is 9.94. The molecule has 0 atom stereocenters. The molecule has 0 heterocycles. The minimum Gasteiger partial charge on any atom is -0.330 e. The number of nitrogens with zero attached hydrogens (tertiary/aromatic N) is 1. The highest BCUT2D eigenvalue weighted by Crippen LogP contribution is 2.26. The molecular weight excluding hydrogens is 291 g/mol. The highest BCUT2D eigenvalue weighted by Gasteiger charge is 2.29. The van der Waals surface area contributed by atoms with Gasteiger partial charge in [0.1, 0.15) is 4.90 Å². The molecule has 108 valence electrons. The van der Waals surface area contributed by atoms with Gasteiger partial charge in [-0.05, 0) is 24.1 Å². The maximum atomic E-state index is 13.8. The van der Waals surface area contributed by atoms with Gasteiger partial charge in [0.2, 0.25) is 10.0 Å². The van der Waals surface area contributed by atoms with Crippen LogP contribution in [0.2, 0.25) is 5.02 Å². The predicted octanol–water partition coefficient (Wildman–Crippen LogP) is 2.08. The minimum absolute atomic E-state index is 0.192. The van der Waals surface area contributed by atoms with E-state index < -0.39 is 26.2 Å². The second-order valence-electron chi connectivity index (χ2n) is 5.18. The van der Waals surface area contributed by atoms with Gasteiger partial charge in [-0.2, -0.15) is 0 Å². The molecule has 0 aromatic heterocycles. The Hall–Kier alpha value is -0.690. The Morgan fingerprint density at radius 1 is 1.42 bits per heavy atom. The number of sulfonamides is 1. The van der Waals surface area contributed by atoms with Gasteiger partial charge < -0.3 is 5.73 Å². The van der Waals surface area contributed by atoms with E-state index in [4.69, 9.17) is 17.3 Å². The average molecular weight is 309 g/mol. The fraction of sp³-hybridized carbons (Fsp3) is 0.500. The predicted molar refractivity (Wildman–Crippen MR) is 74.1 cm³/mol. The van der Waals surface area contributed by atoms with Crippen molar-refractivity contribution >= 4 is 21.6 Å². The van der Waals surface area contributed by atoms with E-state index in [0.717, 1.165) is 4.31 Å². The summed E-state index contributed by atoms with van der Waals surface area (Å²) < 4.78 is 39.5. The standard InChI is InChI=1S/C12H18ClFN2O2S/c1-12(2,7-15)8-16(3)19(17,18)10-6-4-5-9(13)11(10)14/h4-6H,7-8,15H2,1-3H3. The largest absolute Gasteiger partial charge is 0.330 e. The molecule has 0 aliphatic heterocycles. The zero-order valence-electron chi connectivity index (χ0n) is 11.2. The normalized spacial score (nSPS) is 13.0. The van der Waals surface area contributed by atoms with Crippen LogP contribution in [0.1, 0.15) is 13.8 Å². The van der Waals surface area contributed by atoms with Crippen LogP contribution in [0.5, 0.6) is 0 Å². The van der Waals surface area contributed by atoms with Crippen LogP contribution in [0.3, 0.4) is 0 Å². The summed E-state index contributed by atoms with van der Waals surface area (Å²) in [6, 6.07) is 3.91. The number of halogens is 2. The molecule has 1 aromatic carbocycles. The molecule has 0 spiro atoms. The summed E-state index contributed by atoms with van der Waals surface area (Å²) in [5, 5.41) is -0.215. The molecule has 1 aromatic rings. The number of hydrogen-bond acceptors (Lipinski definition) is 3. The average Bonchev–Trinajstić information content (AvgIpc) is 2.31. The lowest BCUT2D eigenvalue weighted by Crippen LogP contribution is -2.40. The van der Waals surface area contributed by atoms with Crippen molar-refractivity contribution in [2.75, 3.05) is 20.1 Å². The van der Waals surface area contributed by atoms with Crippen LogP contribution >= 0.6 is 11.6 Å². The molecule has 19 heavy (non-hydrogen) atoms. The van der Waals surface area contributed by atoms with Crippen molar-refractivity contribution in [1.29, 1.82) is 0 Å². The van der Waals surface area contributed by atoms with Crippen molar-refractivity contribution in [2.45, 2.75) is 18.7 Å². The molecule has 0 saturated heterocycles. The van der Waals surface area contributed by atoms with Crippen molar-refractivity contribution in [3.63, 3.8) is 0 Å². The van der Waals surface area contributed by atoms with Crippen LogP contribution in [0, 0.1) is 11.2 Å². The molecule has 0 amide bonds. The minimum atomic E-state index is -3.92. The van der Waals surface area contributed by atoms with E-state index in [0.29, 0.717) is 6.54 Å². The molecular formula is C12H18ClFN2O2S. The van der Waals surface area contributed by atoms with Gasteiger partial charge in [-0.1, -0.05) is 31.5 Å². The SMILES string of the molecule is CN(CC(C)(C)CN)S(=O)(=O)c1cccc(Cl)c1F. The Morgan fingerprint density at radius 3 is 2.53 bits per heavy atom. The van der Waals surface area contributed by atoms with Crippen molar-refractivity contribution in [3.05, 3.63) is 29.0 Å². The van der Waals surface area contributed by atoms with Crippen LogP contribution in [0.25, 0.3) is 0 Å². The Balaban J connectivity index is 3.14. The molecule has 2 N–H and O–H groups in total. The van der Waals surface area contributed by atoms with E-state index in [2.05, 4.69) is 0 Å². The zero-order valence-corrected chi connectivity index (χ0v) is 12.7. The van der Waals surface area contributed by atoms with Gasteiger partial charge in [0.15, 0.2) is 5.82 Å². The van der Waals surface area contributed by atoms with Gasteiger partial charge >= 0.3 is 0 Å². The molecule has 0 unspecified atom stereocenters. The molecule has 0 aliphatic rings. The molecule has 7 heteroatoms.